The number of oxime groups is 1. The molecule has 18 heavy (non-hydrogen) atoms. The molecular formula is C9H11N3O5S. The Hall–Kier alpha value is -2.16. The lowest BCUT2D eigenvalue weighted by atomic mass is 10.3. The summed E-state index contributed by atoms with van der Waals surface area (Å²) in [5.41, 5.74) is -0.189. The topological polar surface area (TPSA) is 102 Å². The normalized spacial score (nSPS) is 12.3. The van der Waals surface area contributed by atoms with E-state index in [9.17, 15) is 14.8 Å². The average Bonchev–Trinajstić information content (AvgIpc) is 2.69. The van der Waals surface area contributed by atoms with Gasteiger partial charge in [-0.25, -0.2) is 4.79 Å². The van der Waals surface area contributed by atoms with E-state index in [1.54, 1.807) is 6.92 Å². The second-order valence-corrected chi connectivity index (χ2v) is 3.63. The van der Waals surface area contributed by atoms with E-state index in [4.69, 9.17) is 4.74 Å². The molecule has 0 bridgehead atoms. The van der Waals surface area contributed by atoms with Gasteiger partial charge in [0, 0.05) is 5.38 Å². The van der Waals surface area contributed by atoms with Crippen molar-refractivity contribution < 1.29 is 24.4 Å². The van der Waals surface area contributed by atoms with Gasteiger partial charge < -0.3 is 14.8 Å². The minimum absolute atomic E-state index is 0.00750. The maximum Gasteiger partial charge on any atom is 0.362 e. The van der Waals surface area contributed by atoms with E-state index < -0.39 is 5.97 Å². The van der Waals surface area contributed by atoms with Crippen molar-refractivity contribution in [1.29, 1.82) is 0 Å². The Labute approximate surface area is 106 Å². The summed E-state index contributed by atoms with van der Waals surface area (Å²) in [4.78, 5) is 29.7. The molecular weight excluding hydrogens is 262 g/mol. The lowest BCUT2D eigenvalue weighted by molar-refractivity contribution is -0.135. The Balaban J connectivity index is 3.24. The summed E-state index contributed by atoms with van der Waals surface area (Å²) in [6.07, 6.45) is 0.278. The largest absolute Gasteiger partial charge is 0.461 e. The molecule has 0 saturated heterocycles. The molecule has 1 amide bonds. The summed E-state index contributed by atoms with van der Waals surface area (Å²) in [6, 6.07) is 0. The van der Waals surface area contributed by atoms with E-state index in [1.165, 1.54) is 12.5 Å². The minimum atomic E-state index is -0.752. The van der Waals surface area contributed by atoms with E-state index in [-0.39, 0.29) is 29.2 Å². The number of hydrogen-bond acceptors (Lipinski definition) is 7. The molecule has 0 radical (unpaired) electrons. The molecule has 9 heteroatoms. The number of thiazole rings is 1. The van der Waals surface area contributed by atoms with Crippen LogP contribution in [-0.4, -0.2) is 41.7 Å². The van der Waals surface area contributed by atoms with Crippen LogP contribution in [0, 0.1) is 0 Å². The number of carbonyl (C=O) groups is 2. The first kappa shape index (κ1) is 13.9. The maximum absolute atomic E-state index is 11.6. The number of ether oxygens (including phenoxy) is 1. The van der Waals surface area contributed by atoms with Crippen LogP contribution < -0.4 is 4.80 Å². The summed E-state index contributed by atoms with van der Waals surface area (Å²) in [5.74, 6) is -0.752. The Kier molecular flexibility index (Phi) is 5.06. The van der Waals surface area contributed by atoms with Crippen molar-refractivity contribution in [2.75, 3.05) is 13.7 Å². The standard InChI is InChI=1S/C9H11N3O5S/c1-3-17-8(14)7(11-16-2)6-4-18-9(10-5-13)12(6)15/h4-5,15H,3H2,1-2H3/b10-9?,11-7-. The van der Waals surface area contributed by atoms with Gasteiger partial charge in [0.2, 0.25) is 16.9 Å². The van der Waals surface area contributed by atoms with E-state index in [2.05, 4.69) is 15.0 Å². The van der Waals surface area contributed by atoms with Crippen molar-refractivity contribution in [2.45, 2.75) is 6.92 Å². The summed E-state index contributed by atoms with van der Waals surface area (Å²) >= 11 is 0.961. The first-order valence-corrected chi connectivity index (χ1v) is 5.69. The zero-order valence-electron chi connectivity index (χ0n) is 9.69. The van der Waals surface area contributed by atoms with Gasteiger partial charge in [-0.15, -0.1) is 11.3 Å². The highest BCUT2D eigenvalue weighted by atomic mass is 32.1. The highest BCUT2D eigenvalue weighted by Gasteiger charge is 2.21. The van der Waals surface area contributed by atoms with Crippen molar-refractivity contribution in [1.82, 2.24) is 4.73 Å². The van der Waals surface area contributed by atoms with Crippen LogP contribution in [0.2, 0.25) is 0 Å². The molecule has 8 nitrogen and oxygen atoms in total. The summed E-state index contributed by atoms with van der Waals surface area (Å²) in [5, 5.41) is 14.6. The number of carbonyl (C=O) groups excluding carboxylic acids is 2. The Morgan fingerprint density at radius 3 is 2.94 bits per heavy atom. The minimum Gasteiger partial charge on any atom is -0.461 e. The van der Waals surface area contributed by atoms with Gasteiger partial charge in [0.1, 0.15) is 12.8 Å². The van der Waals surface area contributed by atoms with E-state index in [0.717, 1.165) is 11.3 Å². The predicted octanol–water partition coefficient (Wildman–Crippen LogP) is -0.242. The number of esters is 1. The fraction of sp³-hybridized carbons (Fsp3) is 0.333. The number of nitrogens with zero attached hydrogens (tertiary/aromatic N) is 3. The molecule has 0 saturated carbocycles. The first-order chi connectivity index (χ1) is 8.65. The molecule has 0 aliphatic carbocycles. The molecule has 0 aromatic carbocycles. The zero-order chi connectivity index (χ0) is 13.5. The van der Waals surface area contributed by atoms with Gasteiger partial charge in [-0.05, 0) is 6.92 Å². The zero-order valence-corrected chi connectivity index (χ0v) is 10.5. The number of aromatic nitrogens is 1. The van der Waals surface area contributed by atoms with Crippen LogP contribution in [0.15, 0.2) is 15.5 Å². The molecule has 0 aliphatic heterocycles. The first-order valence-electron chi connectivity index (χ1n) is 4.81. The van der Waals surface area contributed by atoms with Crippen LogP contribution in [0.4, 0.5) is 0 Å². The summed E-state index contributed by atoms with van der Waals surface area (Å²) in [7, 11) is 1.25. The second-order valence-electron chi connectivity index (χ2n) is 2.79. The molecule has 0 atom stereocenters. The van der Waals surface area contributed by atoms with Crippen LogP contribution in [0.1, 0.15) is 12.6 Å². The van der Waals surface area contributed by atoms with Crippen molar-refractivity contribution in [3.05, 3.63) is 15.9 Å². The Morgan fingerprint density at radius 2 is 2.39 bits per heavy atom. The van der Waals surface area contributed by atoms with Gasteiger partial charge >= 0.3 is 5.97 Å². The third kappa shape index (κ3) is 2.94. The Morgan fingerprint density at radius 1 is 1.67 bits per heavy atom. The van der Waals surface area contributed by atoms with Crippen molar-refractivity contribution >= 4 is 29.4 Å². The van der Waals surface area contributed by atoms with Crippen molar-refractivity contribution in [2.24, 2.45) is 10.1 Å². The highest BCUT2D eigenvalue weighted by Crippen LogP contribution is 2.04. The fourth-order valence-electron chi connectivity index (χ4n) is 1.08. The van der Waals surface area contributed by atoms with Gasteiger partial charge in [0.15, 0.2) is 0 Å². The van der Waals surface area contributed by atoms with Gasteiger partial charge in [0.05, 0.1) is 6.61 Å². The van der Waals surface area contributed by atoms with Crippen molar-refractivity contribution in [3.8, 4) is 0 Å². The molecule has 1 rings (SSSR count). The van der Waals surface area contributed by atoms with Gasteiger partial charge in [-0.3, -0.25) is 4.79 Å². The smallest absolute Gasteiger partial charge is 0.362 e. The highest BCUT2D eigenvalue weighted by molar-refractivity contribution is 7.07. The van der Waals surface area contributed by atoms with Crippen LogP contribution in [0.5, 0.6) is 0 Å². The molecule has 1 aromatic heterocycles. The molecule has 0 fully saturated rings. The number of rotatable bonds is 5. The molecule has 1 aromatic rings. The Bertz CT molecular complexity index is 531. The number of hydrogen-bond donors (Lipinski definition) is 1. The monoisotopic (exact) mass is 273 g/mol. The quantitative estimate of drug-likeness (QED) is 0.262. The third-order valence-electron chi connectivity index (χ3n) is 1.74. The maximum atomic E-state index is 11.6. The fourth-order valence-corrected chi connectivity index (χ4v) is 1.81. The van der Waals surface area contributed by atoms with Gasteiger partial charge in [-0.1, -0.05) is 5.16 Å². The molecule has 0 spiro atoms. The second kappa shape index (κ2) is 6.55. The molecule has 0 aliphatic rings. The van der Waals surface area contributed by atoms with Crippen LogP contribution in [0.3, 0.4) is 0 Å². The lowest BCUT2D eigenvalue weighted by Crippen LogP contribution is -2.25. The molecule has 98 valence electrons. The third-order valence-corrected chi connectivity index (χ3v) is 2.57. The molecule has 1 heterocycles. The number of amides is 1. The van der Waals surface area contributed by atoms with Crippen molar-refractivity contribution in [3.63, 3.8) is 0 Å². The van der Waals surface area contributed by atoms with Crippen LogP contribution >= 0.6 is 11.3 Å². The lowest BCUT2D eigenvalue weighted by Gasteiger charge is -2.04. The molecule has 1 N–H and O–H groups in total. The SMILES string of the molecule is CCOC(=O)/C(=N\OC)c1csc(=NC=O)n1O. The van der Waals surface area contributed by atoms with Gasteiger partial charge in [0.25, 0.3) is 0 Å². The average molecular weight is 273 g/mol. The predicted molar refractivity (Wildman–Crippen MR) is 61.3 cm³/mol. The van der Waals surface area contributed by atoms with E-state index in [0.29, 0.717) is 4.73 Å². The summed E-state index contributed by atoms with van der Waals surface area (Å²) in [6.45, 7) is 1.79. The van der Waals surface area contributed by atoms with Crippen LogP contribution in [0.25, 0.3) is 0 Å². The van der Waals surface area contributed by atoms with Crippen LogP contribution in [-0.2, 0) is 19.2 Å². The van der Waals surface area contributed by atoms with E-state index >= 15 is 0 Å². The molecule has 0 unspecified atom stereocenters. The summed E-state index contributed by atoms with van der Waals surface area (Å²) < 4.78 is 5.33. The van der Waals surface area contributed by atoms with Gasteiger partial charge in [-0.2, -0.15) is 9.72 Å². The van der Waals surface area contributed by atoms with E-state index in [1.807, 2.05) is 0 Å².